The summed E-state index contributed by atoms with van der Waals surface area (Å²) in [6.45, 7) is 8.74. The summed E-state index contributed by atoms with van der Waals surface area (Å²) in [5, 5.41) is 13.4. The van der Waals surface area contributed by atoms with Crippen LogP contribution >= 0.6 is 11.8 Å². The van der Waals surface area contributed by atoms with Gasteiger partial charge in [0.1, 0.15) is 17.0 Å². The van der Waals surface area contributed by atoms with E-state index in [1.807, 2.05) is 0 Å². The van der Waals surface area contributed by atoms with Crippen molar-refractivity contribution in [1.82, 2.24) is 14.9 Å². The Morgan fingerprint density at radius 1 is 1.23 bits per heavy atom. The number of aliphatic hydroxyl groups excluding tert-OH is 1. The second-order valence-corrected chi connectivity index (χ2v) is 8.90. The largest absolute Gasteiger partial charge is 0.395 e. The molecule has 2 N–H and O–H groups in total. The smallest absolute Gasteiger partial charge is 0.171 e. The molecule has 0 radical (unpaired) electrons. The Kier molecular flexibility index (Phi) is 4.66. The van der Waals surface area contributed by atoms with E-state index in [2.05, 4.69) is 38.9 Å². The number of piperazine rings is 1. The molecule has 2 aliphatic heterocycles. The third-order valence-electron chi connectivity index (χ3n) is 5.18. The molecule has 1 aromatic rings. The fraction of sp³-hybridized carbons (Fsp3) is 0.611. The predicted molar refractivity (Wildman–Crippen MR) is 102 cm³/mol. The normalized spacial score (nSPS) is 22.7. The minimum atomic E-state index is -0.0211. The minimum absolute atomic E-state index is 0.0211. The van der Waals surface area contributed by atoms with E-state index in [9.17, 15) is 4.79 Å². The number of aliphatic hydroxyl groups is 1. The summed E-state index contributed by atoms with van der Waals surface area (Å²) in [5.41, 5.74) is 1.92. The fourth-order valence-electron chi connectivity index (χ4n) is 3.88. The zero-order valence-corrected chi connectivity index (χ0v) is 16.1. The molecule has 1 aliphatic carbocycles. The summed E-state index contributed by atoms with van der Waals surface area (Å²) in [6, 6.07) is 0. The number of β-amino-alcohol motifs (C(OH)–C–C–N with tert-alkyl or cyclic N) is 1. The number of carbonyl (C=O) groups excluding carboxylic acids is 1. The number of thioether (sulfide) groups is 1. The molecule has 4 rings (SSSR count). The van der Waals surface area contributed by atoms with Crippen LogP contribution in [-0.4, -0.2) is 65.1 Å². The van der Waals surface area contributed by atoms with Crippen molar-refractivity contribution in [1.29, 1.82) is 0 Å². The Bertz CT molecular complexity index is 756. The van der Waals surface area contributed by atoms with Gasteiger partial charge in [-0.3, -0.25) is 9.69 Å². The first kappa shape index (κ1) is 17.8. The average Bonchev–Trinajstić information content (AvgIpc) is 2.60. The number of hydrogen-bond donors (Lipinski definition) is 2. The number of carbonyl (C=O) groups is 1. The molecule has 7 nitrogen and oxygen atoms in total. The molecule has 8 heteroatoms. The molecule has 1 fully saturated rings. The molecule has 0 aromatic carbocycles. The summed E-state index contributed by atoms with van der Waals surface area (Å²) in [6.07, 6.45) is 3.03. The topological polar surface area (TPSA) is 81.6 Å². The van der Waals surface area contributed by atoms with Crippen molar-refractivity contribution in [2.75, 3.05) is 49.5 Å². The van der Waals surface area contributed by atoms with Gasteiger partial charge >= 0.3 is 0 Å². The maximum Gasteiger partial charge on any atom is 0.171 e. The van der Waals surface area contributed by atoms with Crippen LogP contribution in [0.5, 0.6) is 0 Å². The van der Waals surface area contributed by atoms with Gasteiger partial charge in [0.25, 0.3) is 0 Å². The molecule has 3 heterocycles. The average molecular weight is 375 g/mol. The van der Waals surface area contributed by atoms with Crippen molar-refractivity contribution < 1.29 is 9.90 Å². The Labute approximate surface area is 157 Å². The first-order valence-corrected chi connectivity index (χ1v) is 9.93. The van der Waals surface area contributed by atoms with Crippen LogP contribution in [0.25, 0.3) is 0 Å². The summed E-state index contributed by atoms with van der Waals surface area (Å²) < 4.78 is 0. The maximum atomic E-state index is 12.5. The maximum absolute atomic E-state index is 12.5. The Balaban J connectivity index is 1.58. The molecule has 0 amide bonds. The molecule has 0 atom stereocenters. The molecule has 1 saturated heterocycles. The van der Waals surface area contributed by atoms with Gasteiger partial charge in [-0.1, -0.05) is 25.6 Å². The van der Waals surface area contributed by atoms with Crippen molar-refractivity contribution >= 4 is 29.1 Å². The van der Waals surface area contributed by atoms with Gasteiger partial charge in [0.2, 0.25) is 0 Å². The molecule has 140 valence electrons. The number of ketones is 1. The van der Waals surface area contributed by atoms with Crippen LogP contribution in [0, 0.1) is 5.41 Å². The van der Waals surface area contributed by atoms with Gasteiger partial charge in [-0.05, 0) is 11.8 Å². The van der Waals surface area contributed by atoms with Crippen molar-refractivity contribution in [3.63, 3.8) is 0 Å². The van der Waals surface area contributed by atoms with Crippen LogP contribution < -0.4 is 10.2 Å². The highest BCUT2D eigenvalue weighted by molar-refractivity contribution is 8.04. The molecule has 0 spiro atoms. The zero-order valence-electron chi connectivity index (χ0n) is 15.3. The Hall–Kier alpha value is -1.64. The van der Waals surface area contributed by atoms with Gasteiger partial charge in [-0.15, -0.1) is 0 Å². The highest BCUT2D eigenvalue weighted by Gasteiger charge is 2.37. The van der Waals surface area contributed by atoms with Crippen LogP contribution in [0.2, 0.25) is 0 Å². The number of aromatic nitrogens is 2. The minimum Gasteiger partial charge on any atom is -0.395 e. The monoisotopic (exact) mass is 375 g/mol. The third-order valence-corrected chi connectivity index (χ3v) is 6.36. The number of nitrogens with zero attached hydrogens (tertiary/aromatic N) is 4. The summed E-state index contributed by atoms with van der Waals surface area (Å²) in [5.74, 6) is 1.12. The molecule has 26 heavy (non-hydrogen) atoms. The van der Waals surface area contributed by atoms with E-state index in [1.54, 1.807) is 6.33 Å². The number of allylic oxidation sites excluding steroid dienone is 2. The lowest BCUT2D eigenvalue weighted by molar-refractivity contribution is -0.117. The van der Waals surface area contributed by atoms with Crippen LogP contribution in [0.4, 0.5) is 11.5 Å². The SMILES string of the molecule is CC1(C)CC(=O)C2=C(C1)Nc1c(ncnc1N1CCN(CCO)CC1)S2. The lowest BCUT2D eigenvalue weighted by Gasteiger charge is -2.38. The van der Waals surface area contributed by atoms with Crippen molar-refractivity contribution in [3.05, 3.63) is 16.9 Å². The van der Waals surface area contributed by atoms with E-state index in [1.165, 1.54) is 11.8 Å². The molecule has 0 unspecified atom stereocenters. The molecule has 3 aliphatic rings. The van der Waals surface area contributed by atoms with Gasteiger partial charge in [0.15, 0.2) is 11.6 Å². The van der Waals surface area contributed by atoms with Crippen molar-refractivity contribution in [2.24, 2.45) is 5.41 Å². The first-order chi connectivity index (χ1) is 12.5. The van der Waals surface area contributed by atoms with Crippen LogP contribution in [0.15, 0.2) is 22.0 Å². The van der Waals surface area contributed by atoms with Gasteiger partial charge < -0.3 is 15.3 Å². The highest BCUT2D eigenvalue weighted by atomic mass is 32.2. The van der Waals surface area contributed by atoms with E-state index in [-0.39, 0.29) is 17.8 Å². The van der Waals surface area contributed by atoms with E-state index in [4.69, 9.17) is 5.11 Å². The number of hydrogen-bond acceptors (Lipinski definition) is 8. The first-order valence-electron chi connectivity index (χ1n) is 9.11. The number of fused-ring (bicyclic) bond motifs is 1. The van der Waals surface area contributed by atoms with Crippen LogP contribution in [-0.2, 0) is 4.79 Å². The quantitative estimate of drug-likeness (QED) is 0.773. The summed E-state index contributed by atoms with van der Waals surface area (Å²) in [7, 11) is 0. The van der Waals surface area contributed by atoms with Gasteiger partial charge in [-0.25, -0.2) is 9.97 Å². The number of Topliss-reactive ketones (excluding diaryl/α,β-unsaturated/α-hetero) is 1. The molecule has 0 saturated carbocycles. The van der Waals surface area contributed by atoms with E-state index in [0.717, 1.165) is 66.3 Å². The fourth-order valence-corrected chi connectivity index (χ4v) is 4.85. The molecule has 1 aromatic heterocycles. The second kappa shape index (κ2) is 6.83. The van der Waals surface area contributed by atoms with E-state index >= 15 is 0 Å². The highest BCUT2D eigenvalue weighted by Crippen LogP contribution is 2.49. The molecule has 0 bridgehead atoms. The lowest BCUT2D eigenvalue weighted by Crippen LogP contribution is -2.47. The second-order valence-electron chi connectivity index (χ2n) is 7.91. The number of anilines is 2. The van der Waals surface area contributed by atoms with E-state index in [0.29, 0.717) is 6.42 Å². The van der Waals surface area contributed by atoms with Crippen LogP contribution in [0.1, 0.15) is 26.7 Å². The standard InChI is InChI=1S/C18H25N5O2S/c1-18(2)9-12-15(13(25)10-18)26-17-14(21-12)16(19-11-20-17)23-5-3-22(4-6-23)7-8-24/h11,21,24H,3-10H2,1-2H3. The lowest BCUT2D eigenvalue weighted by atomic mass is 9.78. The third kappa shape index (κ3) is 3.33. The van der Waals surface area contributed by atoms with Gasteiger partial charge in [-0.2, -0.15) is 0 Å². The summed E-state index contributed by atoms with van der Waals surface area (Å²) in [4.78, 5) is 26.8. The number of rotatable bonds is 3. The summed E-state index contributed by atoms with van der Waals surface area (Å²) >= 11 is 1.48. The van der Waals surface area contributed by atoms with Crippen LogP contribution in [0.3, 0.4) is 0 Å². The Morgan fingerprint density at radius 3 is 2.73 bits per heavy atom. The molecular formula is C18H25N5O2S. The van der Waals surface area contributed by atoms with Crippen molar-refractivity contribution in [3.8, 4) is 0 Å². The van der Waals surface area contributed by atoms with E-state index < -0.39 is 0 Å². The molecular weight excluding hydrogens is 350 g/mol. The Morgan fingerprint density at radius 2 is 2.00 bits per heavy atom. The number of nitrogens with one attached hydrogen (secondary N) is 1. The van der Waals surface area contributed by atoms with Gasteiger partial charge in [0, 0.05) is 44.8 Å². The van der Waals surface area contributed by atoms with Gasteiger partial charge in [0.05, 0.1) is 11.5 Å². The predicted octanol–water partition coefficient (Wildman–Crippen LogP) is 1.71. The zero-order chi connectivity index (χ0) is 18.3. The van der Waals surface area contributed by atoms with Crippen molar-refractivity contribution in [2.45, 2.75) is 31.7 Å².